The van der Waals surface area contributed by atoms with Crippen LogP contribution in [0.3, 0.4) is 0 Å². The fourth-order valence-corrected chi connectivity index (χ4v) is 2.89. The van der Waals surface area contributed by atoms with Crippen LogP contribution < -0.4 is 5.32 Å². The minimum atomic E-state index is 0.687. The molecule has 0 aromatic carbocycles. The van der Waals surface area contributed by atoms with Crippen molar-refractivity contribution in [1.29, 1.82) is 0 Å². The van der Waals surface area contributed by atoms with E-state index in [1.54, 1.807) is 0 Å². The van der Waals surface area contributed by atoms with E-state index >= 15 is 0 Å². The standard InChI is InChI=1S/C16H34N2O/c1-4-10-17-15(2)7-5-6-11-18-12-8-16(9-13-18)14-19-3/h15-17H,4-14H2,1-3H3. The SMILES string of the molecule is CCCNC(C)CCCCN1CCC(COC)CC1. The van der Waals surface area contributed by atoms with Crippen molar-refractivity contribution in [1.82, 2.24) is 10.2 Å². The highest BCUT2D eigenvalue weighted by molar-refractivity contribution is 4.72. The van der Waals surface area contributed by atoms with Gasteiger partial charge in [-0.05, 0) is 71.1 Å². The Kier molecular flexibility index (Phi) is 9.48. The zero-order chi connectivity index (χ0) is 13.9. The summed E-state index contributed by atoms with van der Waals surface area (Å²) in [5.41, 5.74) is 0. The maximum absolute atomic E-state index is 5.25. The molecule has 0 bridgehead atoms. The van der Waals surface area contributed by atoms with Crippen molar-refractivity contribution < 1.29 is 4.74 Å². The second kappa shape index (κ2) is 10.6. The second-order valence-corrected chi connectivity index (χ2v) is 6.09. The Labute approximate surface area is 120 Å². The summed E-state index contributed by atoms with van der Waals surface area (Å²) in [7, 11) is 1.82. The third kappa shape index (κ3) is 7.91. The highest BCUT2D eigenvalue weighted by Gasteiger charge is 2.18. The predicted molar refractivity (Wildman–Crippen MR) is 82.6 cm³/mol. The topological polar surface area (TPSA) is 24.5 Å². The summed E-state index contributed by atoms with van der Waals surface area (Å²) in [6.07, 6.45) is 7.91. The number of nitrogens with one attached hydrogen (secondary N) is 1. The quantitative estimate of drug-likeness (QED) is 0.618. The molecule has 1 aliphatic heterocycles. The number of ether oxygens (including phenoxy) is 1. The molecule has 1 heterocycles. The summed E-state index contributed by atoms with van der Waals surface area (Å²) in [5.74, 6) is 0.805. The molecule has 0 spiro atoms. The lowest BCUT2D eigenvalue weighted by molar-refractivity contribution is 0.0987. The Balaban J connectivity index is 1.96. The number of rotatable bonds is 10. The van der Waals surface area contributed by atoms with Crippen molar-refractivity contribution in [3.8, 4) is 0 Å². The van der Waals surface area contributed by atoms with Gasteiger partial charge in [-0.3, -0.25) is 0 Å². The van der Waals surface area contributed by atoms with Crippen LogP contribution in [0.4, 0.5) is 0 Å². The van der Waals surface area contributed by atoms with Gasteiger partial charge in [-0.2, -0.15) is 0 Å². The zero-order valence-corrected chi connectivity index (χ0v) is 13.3. The summed E-state index contributed by atoms with van der Waals surface area (Å²) in [6.45, 7) is 10.5. The Morgan fingerprint density at radius 1 is 1.26 bits per heavy atom. The molecule has 1 saturated heterocycles. The summed E-state index contributed by atoms with van der Waals surface area (Å²) >= 11 is 0. The smallest absolute Gasteiger partial charge is 0.0491 e. The normalized spacial score (nSPS) is 19.7. The Hall–Kier alpha value is -0.120. The van der Waals surface area contributed by atoms with Crippen LogP contribution in [0.1, 0.15) is 52.4 Å². The summed E-state index contributed by atoms with van der Waals surface area (Å²) in [5, 5.41) is 3.56. The molecular weight excluding hydrogens is 236 g/mol. The van der Waals surface area contributed by atoms with Gasteiger partial charge in [0.15, 0.2) is 0 Å². The summed E-state index contributed by atoms with van der Waals surface area (Å²) in [4.78, 5) is 2.64. The second-order valence-electron chi connectivity index (χ2n) is 6.09. The van der Waals surface area contributed by atoms with Crippen LogP contribution in [0.25, 0.3) is 0 Å². The number of hydrogen-bond acceptors (Lipinski definition) is 3. The predicted octanol–water partition coefficient (Wildman–Crippen LogP) is 2.90. The Morgan fingerprint density at radius 3 is 2.63 bits per heavy atom. The van der Waals surface area contributed by atoms with Crippen LogP contribution in [0, 0.1) is 5.92 Å². The molecule has 0 aromatic heterocycles. The van der Waals surface area contributed by atoms with Crippen molar-refractivity contribution in [2.24, 2.45) is 5.92 Å². The Bertz CT molecular complexity index is 203. The van der Waals surface area contributed by atoms with Gasteiger partial charge in [0.1, 0.15) is 0 Å². The first-order valence-corrected chi connectivity index (χ1v) is 8.21. The number of unbranched alkanes of at least 4 members (excludes halogenated alkanes) is 1. The number of piperidine rings is 1. The van der Waals surface area contributed by atoms with E-state index in [1.807, 2.05) is 7.11 Å². The lowest BCUT2D eigenvalue weighted by Gasteiger charge is -2.31. The highest BCUT2D eigenvalue weighted by atomic mass is 16.5. The maximum Gasteiger partial charge on any atom is 0.0491 e. The number of hydrogen-bond donors (Lipinski definition) is 1. The monoisotopic (exact) mass is 270 g/mol. The number of likely N-dealkylation sites (tertiary alicyclic amines) is 1. The molecule has 1 fully saturated rings. The Morgan fingerprint density at radius 2 is 2.00 bits per heavy atom. The van der Waals surface area contributed by atoms with Gasteiger partial charge in [0, 0.05) is 19.8 Å². The van der Waals surface area contributed by atoms with E-state index in [0.29, 0.717) is 6.04 Å². The number of methoxy groups -OCH3 is 1. The molecule has 1 atom stereocenters. The van der Waals surface area contributed by atoms with Crippen LogP contribution in [-0.4, -0.2) is 50.8 Å². The van der Waals surface area contributed by atoms with Crippen LogP contribution >= 0.6 is 0 Å². The third-order valence-electron chi connectivity index (χ3n) is 4.21. The molecule has 0 saturated carbocycles. The van der Waals surface area contributed by atoms with Crippen molar-refractivity contribution in [3.63, 3.8) is 0 Å². The molecule has 1 rings (SSSR count). The van der Waals surface area contributed by atoms with Gasteiger partial charge < -0.3 is 15.0 Å². The average molecular weight is 270 g/mol. The van der Waals surface area contributed by atoms with E-state index in [4.69, 9.17) is 4.74 Å². The van der Waals surface area contributed by atoms with E-state index in [-0.39, 0.29) is 0 Å². The molecule has 3 heteroatoms. The van der Waals surface area contributed by atoms with Gasteiger partial charge in [0.25, 0.3) is 0 Å². The summed E-state index contributed by atoms with van der Waals surface area (Å²) in [6, 6.07) is 0.687. The van der Waals surface area contributed by atoms with Crippen LogP contribution in [0.2, 0.25) is 0 Å². The molecule has 3 nitrogen and oxygen atoms in total. The fourth-order valence-electron chi connectivity index (χ4n) is 2.89. The van der Waals surface area contributed by atoms with Gasteiger partial charge in [-0.1, -0.05) is 13.3 Å². The van der Waals surface area contributed by atoms with Crippen LogP contribution in [0.15, 0.2) is 0 Å². The van der Waals surface area contributed by atoms with Gasteiger partial charge >= 0.3 is 0 Å². The summed E-state index contributed by atoms with van der Waals surface area (Å²) < 4.78 is 5.25. The van der Waals surface area contributed by atoms with E-state index in [1.165, 1.54) is 58.2 Å². The molecule has 1 aliphatic rings. The zero-order valence-electron chi connectivity index (χ0n) is 13.3. The molecule has 0 radical (unpaired) electrons. The van der Waals surface area contributed by atoms with Gasteiger partial charge in [-0.15, -0.1) is 0 Å². The molecule has 19 heavy (non-hydrogen) atoms. The molecule has 0 amide bonds. The molecule has 0 aromatic rings. The van der Waals surface area contributed by atoms with Gasteiger partial charge in [-0.25, -0.2) is 0 Å². The van der Waals surface area contributed by atoms with E-state index < -0.39 is 0 Å². The van der Waals surface area contributed by atoms with E-state index in [0.717, 1.165) is 19.1 Å². The lowest BCUT2D eigenvalue weighted by atomic mass is 9.97. The van der Waals surface area contributed by atoms with E-state index in [2.05, 4.69) is 24.1 Å². The molecule has 0 aliphatic carbocycles. The van der Waals surface area contributed by atoms with Crippen molar-refractivity contribution >= 4 is 0 Å². The largest absolute Gasteiger partial charge is 0.384 e. The fraction of sp³-hybridized carbons (Fsp3) is 1.00. The number of nitrogens with zero attached hydrogens (tertiary/aromatic N) is 1. The molecular formula is C16H34N2O. The van der Waals surface area contributed by atoms with E-state index in [9.17, 15) is 0 Å². The minimum Gasteiger partial charge on any atom is -0.384 e. The highest BCUT2D eigenvalue weighted by Crippen LogP contribution is 2.17. The minimum absolute atomic E-state index is 0.687. The first-order chi connectivity index (χ1) is 9.26. The first kappa shape index (κ1) is 16.9. The van der Waals surface area contributed by atoms with Crippen molar-refractivity contribution in [2.45, 2.75) is 58.4 Å². The lowest BCUT2D eigenvalue weighted by Crippen LogP contribution is -2.35. The molecule has 1 unspecified atom stereocenters. The molecule has 114 valence electrons. The van der Waals surface area contributed by atoms with Crippen LogP contribution in [-0.2, 0) is 4.74 Å². The van der Waals surface area contributed by atoms with Crippen molar-refractivity contribution in [3.05, 3.63) is 0 Å². The first-order valence-electron chi connectivity index (χ1n) is 8.21. The third-order valence-corrected chi connectivity index (χ3v) is 4.21. The van der Waals surface area contributed by atoms with Crippen molar-refractivity contribution in [2.75, 3.05) is 39.9 Å². The van der Waals surface area contributed by atoms with Gasteiger partial charge in [0.2, 0.25) is 0 Å². The maximum atomic E-state index is 5.25. The average Bonchev–Trinajstić information content (AvgIpc) is 2.43. The van der Waals surface area contributed by atoms with Gasteiger partial charge in [0.05, 0.1) is 0 Å². The van der Waals surface area contributed by atoms with Crippen LogP contribution in [0.5, 0.6) is 0 Å². The molecule has 1 N–H and O–H groups in total.